The van der Waals surface area contributed by atoms with Crippen LogP contribution in [0.3, 0.4) is 0 Å². The first kappa shape index (κ1) is 14.7. The molecule has 3 nitrogen and oxygen atoms in total. The van der Waals surface area contributed by atoms with Gasteiger partial charge in [0.1, 0.15) is 0 Å². The van der Waals surface area contributed by atoms with Crippen LogP contribution < -0.4 is 5.73 Å². The van der Waals surface area contributed by atoms with Crippen LogP contribution >= 0.6 is 0 Å². The highest BCUT2D eigenvalue weighted by atomic mass is 32.2. The van der Waals surface area contributed by atoms with Crippen molar-refractivity contribution in [3.63, 3.8) is 0 Å². The molecule has 0 aliphatic carbocycles. The Morgan fingerprint density at radius 3 is 2.84 bits per heavy atom. The van der Waals surface area contributed by atoms with Crippen LogP contribution in [0.4, 0.5) is 0 Å². The second kappa shape index (κ2) is 6.64. The fraction of sp³-hybridized carbons (Fsp3) is 0.600. The van der Waals surface area contributed by atoms with Crippen molar-refractivity contribution in [1.82, 2.24) is 0 Å². The molecule has 1 aromatic carbocycles. The highest BCUT2D eigenvalue weighted by Crippen LogP contribution is 2.18. The molecule has 1 aromatic rings. The highest BCUT2D eigenvalue weighted by Gasteiger charge is 2.20. The molecule has 3 unspecified atom stereocenters. The van der Waals surface area contributed by atoms with Crippen LogP contribution in [0.25, 0.3) is 0 Å². The molecule has 0 saturated carbocycles. The zero-order valence-corrected chi connectivity index (χ0v) is 12.5. The van der Waals surface area contributed by atoms with Crippen LogP contribution in [-0.2, 0) is 15.5 Å². The van der Waals surface area contributed by atoms with Gasteiger partial charge in [-0.25, -0.2) is 0 Å². The van der Waals surface area contributed by atoms with Gasteiger partial charge in [0, 0.05) is 35.0 Å². The van der Waals surface area contributed by atoms with Crippen molar-refractivity contribution in [3.05, 3.63) is 34.9 Å². The molecule has 1 aliphatic heterocycles. The highest BCUT2D eigenvalue weighted by molar-refractivity contribution is 7.85. The summed E-state index contributed by atoms with van der Waals surface area (Å²) >= 11 is 0. The molecule has 1 heterocycles. The Kier molecular flexibility index (Phi) is 5.13. The van der Waals surface area contributed by atoms with Gasteiger partial charge < -0.3 is 10.5 Å². The fourth-order valence-corrected chi connectivity index (χ4v) is 3.75. The second-order valence-corrected chi connectivity index (χ2v) is 6.90. The normalized spacial score (nSPS) is 22.4. The number of hydrogen-bond donors (Lipinski definition) is 1. The van der Waals surface area contributed by atoms with E-state index < -0.39 is 10.8 Å². The minimum Gasteiger partial charge on any atom is -0.377 e. The average molecular weight is 281 g/mol. The first-order valence-electron chi connectivity index (χ1n) is 6.85. The van der Waals surface area contributed by atoms with Gasteiger partial charge in [-0.15, -0.1) is 0 Å². The molecule has 4 heteroatoms. The van der Waals surface area contributed by atoms with E-state index in [9.17, 15) is 4.21 Å². The number of ether oxygens (including phenoxy) is 1. The predicted octanol–water partition coefficient (Wildman–Crippen LogP) is 2.23. The average Bonchev–Trinajstić information content (AvgIpc) is 2.85. The van der Waals surface area contributed by atoms with Crippen molar-refractivity contribution in [1.29, 1.82) is 0 Å². The maximum absolute atomic E-state index is 12.1. The lowest BCUT2D eigenvalue weighted by molar-refractivity contribution is 0.128. The summed E-state index contributed by atoms with van der Waals surface area (Å²) in [6.07, 6.45) is 2.29. The molecular formula is C15H23NO2S. The largest absolute Gasteiger partial charge is 0.377 e. The van der Waals surface area contributed by atoms with Crippen LogP contribution in [0.1, 0.15) is 35.6 Å². The van der Waals surface area contributed by atoms with Crippen LogP contribution in [0.2, 0.25) is 0 Å². The van der Waals surface area contributed by atoms with Crippen molar-refractivity contribution in [2.45, 2.75) is 38.8 Å². The van der Waals surface area contributed by atoms with E-state index >= 15 is 0 Å². The molecule has 2 N–H and O–H groups in total. The number of benzene rings is 1. The molecule has 0 aromatic heterocycles. The summed E-state index contributed by atoms with van der Waals surface area (Å²) < 4.78 is 17.6. The van der Waals surface area contributed by atoms with E-state index in [0.717, 1.165) is 25.0 Å². The first-order valence-corrected chi connectivity index (χ1v) is 8.34. The van der Waals surface area contributed by atoms with Gasteiger partial charge in [0.05, 0.1) is 6.10 Å². The number of hydrogen-bond acceptors (Lipinski definition) is 3. The van der Waals surface area contributed by atoms with Gasteiger partial charge in [0.2, 0.25) is 0 Å². The molecular weight excluding hydrogens is 258 g/mol. The van der Waals surface area contributed by atoms with E-state index in [-0.39, 0.29) is 12.1 Å². The lowest BCUT2D eigenvalue weighted by Gasteiger charge is -2.15. The SMILES string of the molecule is Cc1ccc(C(N)CS(=O)CC2CCCO2)cc1C. The Hall–Kier alpha value is -0.710. The Morgan fingerprint density at radius 2 is 2.21 bits per heavy atom. The van der Waals surface area contributed by atoms with E-state index in [1.807, 2.05) is 6.07 Å². The Bertz CT molecular complexity index is 455. The summed E-state index contributed by atoms with van der Waals surface area (Å²) in [4.78, 5) is 0. The number of nitrogens with two attached hydrogens (primary N) is 1. The van der Waals surface area contributed by atoms with Gasteiger partial charge in [0.25, 0.3) is 0 Å². The van der Waals surface area contributed by atoms with Gasteiger partial charge in [-0.05, 0) is 43.4 Å². The molecule has 0 bridgehead atoms. The van der Waals surface area contributed by atoms with Gasteiger partial charge in [-0.3, -0.25) is 4.21 Å². The summed E-state index contributed by atoms with van der Waals surface area (Å²) in [5.74, 6) is 1.14. The minimum absolute atomic E-state index is 0.151. The first-order chi connectivity index (χ1) is 9.06. The monoisotopic (exact) mass is 281 g/mol. The number of rotatable bonds is 5. The summed E-state index contributed by atoms with van der Waals surface area (Å²) in [6, 6.07) is 6.06. The molecule has 1 aliphatic rings. The van der Waals surface area contributed by atoms with Crippen LogP contribution in [-0.4, -0.2) is 28.4 Å². The third-order valence-corrected chi connectivity index (χ3v) is 5.19. The number of aryl methyl sites for hydroxylation is 2. The molecule has 106 valence electrons. The van der Waals surface area contributed by atoms with Gasteiger partial charge >= 0.3 is 0 Å². The van der Waals surface area contributed by atoms with Crippen LogP contribution in [0.5, 0.6) is 0 Å². The fourth-order valence-electron chi connectivity index (χ4n) is 2.34. The zero-order valence-electron chi connectivity index (χ0n) is 11.7. The van der Waals surface area contributed by atoms with Crippen molar-refractivity contribution in [2.75, 3.05) is 18.1 Å². The van der Waals surface area contributed by atoms with Crippen LogP contribution in [0.15, 0.2) is 18.2 Å². The van der Waals surface area contributed by atoms with E-state index in [0.29, 0.717) is 11.5 Å². The van der Waals surface area contributed by atoms with E-state index in [4.69, 9.17) is 10.5 Å². The Morgan fingerprint density at radius 1 is 1.42 bits per heavy atom. The summed E-state index contributed by atoms with van der Waals surface area (Å²) in [5.41, 5.74) is 9.72. The zero-order chi connectivity index (χ0) is 13.8. The molecule has 19 heavy (non-hydrogen) atoms. The third-order valence-electron chi connectivity index (χ3n) is 3.72. The molecule has 2 rings (SSSR count). The smallest absolute Gasteiger partial charge is 0.0691 e. The van der Waals surface area contributed by atoms with E-state index in [2.05, 4.69) is 26.0 Å². The van der Waals surface area contributed by atoms with Gasteiger partial charge in [-0.2, -0.15) is 0 Å². The maximum Gasteiger partial charge on any atom is 0.0691 e. The minimum atomic E-state index is -0.902. The van der Waals surface area contributed by atoms with Crippen molar-refractivity contribution in [3.8, 4) is 0 Å². The third kappa shape index (κ3) is 4.13. The Labute approximate surface area is 118 Å². The quantitative estimate of drug-likeness (QED) is 0.900. The molecule has 0 spiro atoms. The summed E-state index contributed by atoms with van der Waals surface area (Å²) in [6.45, 7) is 4.97. The lowest BCUT2D eigenvalue weighted by Crippen LogP contribution is -2.24. The van der Waals surface area contributed by atoms with Gasteiger partial charge in [0.15, 0.2) is 0 Å². The second-order valence-electron chi connectivity index (χ2n) is 5.36. The topological polar surface area (TPSA) is 52.3 Å². The maximum atomic E-state index is 12.1. The van der Waals surface area contributed by atoms with Crippen molar-refractivity contribution in [2.24, 2.45) is 5.73 Å². The van der Waals surface area contributed by atoms with Crippen molar-refractivity contribution < 1.29 is 8.95 Å². The standard InChI is InChI=1S/C15H23NO2S/c1-11-5-6-13(8-12(11)2)15(16)10-19(17)9-14-4-3-7-18-14/h5-6,8,14-15H,3-4,7,9-10,16H2,1-2H3. The van der Waals surface area contributed by atoms with E-state index in [1.54, 1.807) is 0 Å². The molecule has 1 fully saturated rings. The molecule has 0 amide bonds. The van der Waals surface area contributed by atoms with Crippen LogP contribution in [0, 0.1) is 13.8 Å². The summed E-state index contributed by atoms with van der Waals surface area (Å²) in [7, 11) is -0.902. The predicted molar refractivity (Wildman–Crippen MR) is 79.7 cm³/mol. The van der Waals surface area contributed by atoms with Crippen molar-refractivity contribution >= 4 is 10.8 Å². The molecule has 0 radical (unpaired) electrons. The van der Waals surface area contributed by atoms with Gasteiger partial charge in [-0.1, -0.05) is 18.2 Å². The lowest BCUT2D eigenvalue weighted by atomic mass is 10.0. The molecule has 1 saturated heterocycles. The summed E-state index contributed by atoms with van der Waals surface area (Å²) in [5, 5.41) is 0. The van der Waals surface area contributed by atoms with E-state index in [1.165, 1.54) is 11.1 Å². The molecule has 3 atom stereocenters. The Balaban J connectivity index is 1.90.